The topological polar surface area (TPSA) is 108 Å². The molecule has 0 spiro atoms. The summed E-state index contributed by atoms with van der Waals surface area (Å²) in [6, 6.07) is 25.7. The molecule has 3 N–H and O–H groups in total. The van der Waals surface area contributed by atoms with Crippen molar-refractivity contribution in [1.82, 2.24) is 14.9 Å². The van der Waals surface area contributed by atoms with Crippen LogP contribution < -0.4 is 10.2 Å². The molecule has 0 amide bonds. The number of carboxylic acids is 2. The second-order valence-electron chi connectivity index (χ2n) is 7.83. The van der Waals surface area contributed by atoms with E-state index in [-0.39, 0.29) is 0 Å². The predicted octanol–water partition coefficient (Wildman–Crippen LogP) is 4.47. The third-order valence-electron chi connectivity index (χ3n) is 5.51. The Labute approximate surface area is 207 Å². The Hall–Kier alpha value is -3.82. The highest BCUT2D eigenvalue weighted by Crippen LogP contribution is 2.47. The summed E-state index contributed by atoms with van der Waals surface area (Å²) in [5.41, 5.74) is 4.91. The van der Waals surface area contributed by atoms with Gasteiger partial charge < -0.3 is 25.0 Å². The van der Waals surface area contributed by atoms with Crippen LogP contribution in [-0.2, 0) is 16.1 Å². The molecule has 3 aromatic carbocycles. The number of hydrogen-bond donors (Lipinski definition) is 3. The fraction of sp³-hybridized carbons (Fsp3) is 0.192. The maximum atomic E-state index is 9.10. The average Bonchev–Trinajstić information content (AvgIpc) is 3.29. The quantitative estimate of drug-likeness (QED) is 0.257. The summed E-state index contributed by atoms with van der Waals surface area (Å²) in [4.78, 5) is 27.8. The van der Waals surface area contributed by atoms with Gasteiger partial charge in [0.15, 0.2) is 0 Å². The summed E-state index contributed by atoms with van der Waals surface area (Å²) in [7, 11) is 0. The van der Waals surface area contributed by atoms with Gasteiger partial charge in [0.1, 0.15) is 0 Å². The van der Waals surface area contributed by atoms with Crippen LogP contribution in [0.4, 0.5) is 11.4 Å². The molecular formula is C26H26N4O4S. The summed E-state index contributed by atoms with van der Waals surface area (Å²) < 4.78 is 2.22. The number of nitrogens with zero attached hydrogens (tertiary/aromatic N) is 3. The maximum absolute atomic E-state index is 9.10. The van der Waals surface area contributed by atoms with Crippen LogP contribution in [0.5, 0.6) is 0 Å². The van der Waals surface area contributed by atoms with Crippen molar-refractivity contribution in [1.29, 1.82) is 0 Å². The molecule has 1 aliphatic rings. The third kappa shape index (κ3) is 6.00. The molecule has 0 saturated heterocycles. The molecule has 0 bridgehead atoms. The molecule has 0 fully saturated rings. The monoisotopic (exact) mass is 490 g/mol. The van der Waals surface area contributed by atoms with Crippen LogP contribution in [0.3, 0.4) is 0 Å². The van der Waals surface area contributed by atoms with Crippen LogP contribution in [0.15, 0.2) is 88.9 Å². The number of aromatic nitrogens is 2. The zero-order valence-electron chi connectivity index (χ0n) is 19.0. The first kappa shape index (κ1) is 24.3. The van der Waals surface area contributed by atoms with Crippen molar-refractivity contribution in [2.24, 2.45) is 0 Å². The highest BCUT2D eigenvalue weighted by atomic mass is 32.2. The molecule has 8 nitrogen and oxygen atoms in total. The maximum Gasteiger partial charge on any atom is 0.414 e. The number of carbonyl (C=O) groups is 2. The minimum atomic E-state index is -1.82. The van der Waals surface area contributed by atoms with Gasteiger partial charge in [-0.25, -0.2) is 14.6 Å². The van der Waals surface area contributed by atoms with Crippen LogP contribution in [0.25, 0.3) is 11.0 Å². The molecule has 0 unspecified atom stereocenters. The summed E-state index contributed by atoms with van der Waals surface area (Å²) in [6.45, 7) is 3.89. The molecule has 0 aliphatic carbocycles. The molecule has 0 atom stereocenters. The molecule has 1 aliphatic heterocycles. The number of aliphatic carboxylic acids is 2. The van der Waals surface area contributed by atoms with Gasteiger partial charge >= 0.3 is 11.9 Å². The Balaban J connectivity index is 0.000000431. The van der Waals surface area contributed by atoms with Gasteiger partial charge in [-0.3, -0.25) is 0 Å². The van der Waals surface area contributed by atoms with Crippen LogP contribution in [0.1, 0.15) is 6.42 Å². The van der Waals surface area contributed by atoms with E-state index in [1.54, 1.807) is 0 Å². The predicted molar refractivity (Wildman–Crippen MR) is 137 cm³/mol. The molecule has 4 aromatic rings. The van der Waals surface area contributed by atoms with E-state index in [2.05, 4.69) is 86.5 Å². The molecule has 9 heteroatoms. The van der Waals surface area contributed by atoms with E-state index < -0.39 is 11.9 Å². The van der Waals surface area contributed by atoms with Gasteiger partial charge in [-0.1, -0.05) is 48.2 Å². The van der Waals surface area contributed by atoms with E-state index >= 15 is 0 Å². The molecule has 5 rings (SSSR count). The Kier molecular flexibility index (Phi) is 8.02. The number of rotatable bonds is 7. The first-order valence-electron chi connectivity index (χ1n) is 11.2. The van der Waals surface area contributed by atoms with E-state index in [1.807, 2.05) is 24.2 Å². The fourth-order valence-corrected chi connectivity index (χ4v) is 4.99. The third-order valence-corrected chi connectivity index (χ3v) is 6.64. The van der Waals surface area contributed by atoms with Crippen molar-refractivity contribution in [3.05, 3.63) is 79.1 Å². The zero-order chi connectivity index (χ0) is 24.6. The number of hydrogen-bond acceptors (Lipinski definition) is 6. The molecule has 1 aromatic heterocycles. The lowest BCUT2D eigenvalue weighted by Crippen LogP contribution is -2.27. The summed E-state index contributed by atoms with van der Waals surface area (Å²) in [6.07, 6.45) is 3.03. The fourth-order valence-electron chi connectivity index (χ4n) is 3.90. The highest BCUT2D eigenvalue weighted by Gasteiger charge is 2.22. The van der Waals surface area contributed by atoms with E-state index in [0.717, 1.165) is 38.1 Å². The molecule has 2 heterocycles. The van der Waals surface area contributed by atoms with E-state index in [4.69, 9.17) is 19.8 Å². The normalized spacial score (nSPS) is 11.8. The number of nitrogens with one attached hydrogen (secondary N) is 1. The molecular weight excluding hydrogens is 464 g/mol. The van der Waals surface area contributed by atoms with Crippen molar-refractivity contribution in [2.75, 3.05) is 24.5 Å². The van der Waals surface area contributed by atoms with Gasteiger partial charge in [0, 0.05) is 29.4 Å². The smallest absolute Gasteiger partial charge is 0.414 e. The Bertz CT molecular complexity index is 1270. The number of benzene rings is 3. The second kappa shape index (κ2) is 11.5. The summed E-state index contributed by atoms with van der Waals surface area (Å²) >= 11 is 1.87. The van der Waals surface area contributed by atoms with E-state index in [9.17, 15) is 0 Å². The summed E-state index contributed by atoms with van der Waals surface area (Å²) in [5.74, 6) is -3.65. The SMILES string of the molecule is O=C(O)C(=O)O.c1ccc2c(c1)Sc1ccccc1N2CCCNCCn1cnc2ccccc21. The first-order chi connectivity index (χ1) is 17.0. The lowest BCUT2D eigenvalue weighted by molar-refractivity contribution is -0.159. The van der Waals surface area contributed by atoms with Crippen molar-refractivity contribution >= 4 is 46.1 Å². The lowest BCUT2D eigenvalue weighted by Gasteiger charge is -2.32. The van der Waals surface area contributed by atoms with Gasteiger partial charge in [-0.15, -0.1) is 0 Å². The zero-order valence-corrected chi connectivity index (χ0v) is 19.8. The standard InChI is InChI=1S/C24H24N4S.C2H2O4/c1-2-9-20-19(8-1)26-18-27(20)17-15-25-14-7-16-28-21-10-3-5-12-23(21)29-24-13-6-4-11-22(24)28;3-1(4)2(5)6/h1-6,8-13,18,25H,7,14-17H2;(H,3,4)(H,5,6). The van der Waals surface area contributed by atoms with Crippen LogP contribution in [-0.4, -0.2) is 51.3 Å². The number of imidazole rings is 1. The largest absolute Gasteiger partial charge is 0.473 e. The van der Waals surface area contributed by atoms with Crippen LogP contribution in [0.2, 0.25) is 0 Å². The van der Waals surface area contributed by atoms with Crippen LogP contribution in [0, 0.1) is 0 Å². The van der Waals surface area contributed by atoms with Crippen molar-refractivity contribution in [3.63, 3.8) is 0 Å². The average molecular weight is 491 g/mol. The van der Waals surface area contributed by atoms with Gasteiger partial charge in [-0.2, -0.15) is 0 Å². The lowest BCUT2D eigenvalue weighted by atomic mass is 10.2. The molecule has 35 heavy (non-hydrogen) atoms. The van der Waals surface area contributed by atoms with E-state index in [1.165, 1.54) is 26.7 Å². The van der Waals surface area contributed by atoms with Crippen molar-refractivity contribution in [3.8, 4) is 0 Å². The number of carboxylic acid groups (broad SMARTS) is 2. The number of fused-ring (bicyclic) bond motifs is 3. The van der Waals surface area contributed by atoms with Gasteiger partial charge in [-0.05, 0) is 49.4 Å². The van der Waals surface area contributed by atoms with Gasteiger partial charge in [0.2, 0.25) is 0 Å². The molecule has 0 saturated carbocycles. The first-order valence-corrected chi connectivity index (χ1v) is 12.1. The highest BCUT2D eigenvalue weighted by molar-refractivity contribution is 7.99. The Morgan fingerprint density at radius 2 is 1.40 bits per heavy atom. The minimum absolute atomic E-state index is 0.937. The molecule has 180 valence electrons. The number of anilines is 2. The van der Waals surface area contributed by atoms with E-state index in [0.29, 0.717) is 0 Å². The Morgan fingerprint density at radius 1 is 0.800 bits per heavy atom. The van der Waals surface area contributed by atoms with Crippen molar-refractivity contribution in [2.45, 2.75) is 22.8 Å². The Morgan fingerprint density at radius 3 is 2.06 bits per heavy atom. The summed E-state index contributed by atoms with van der Waals surface area (Å²) in [5, 5.41) is 18.4. The van der Waals surface area contributed by atoms with Gasteiger partial charge in [0.05, 0.1) is 28.7 Å². The van der Waals surface area contributed by atoms with Gasteiger partial charge in [0.25, 0.3) is 0 Å². The number of para-hydroxylation sites is 4. The van der Waals surface area contributed by atoms with Crippen molar-refractivity contribution < 1.29 is 19.8 Å². The second-order valence-corrected chi connectivity index (χ2v) is 8.91. The molecule has 0 radical (unpaired) electrons. The minimum Gasteiger partial charge on any atom is -0.473 e. The van der Waals surface area contributed by atoms with Crippen LogP contribution >= 0.6 is 11.8 Å².